The maximum atomic E-state index is 14.6. The molecule has 0 radical (unpaired) electrons. The van der Waals surface area contributed by atoms with Gasteiger partial charge in [-0.3, -0.25) is 0 Å². The van der Waals surface area contributed by atoms with Gasteiger partial charge in [0.15, 0.2) is 5.13 Å². The minimum Gasteiger partial charge on any atom is -0.424 e. The van der Waals surface area contributed by atoms with Gasteiger partial charge in [0.25, 0.3) is 0 Å². The summed E-state index contributed by atoms with van der Waals surface area (Å²) in [5, 5.41) is 4.00. The summed E-state index contributed by atoms with van der Waals surface area (Å²) in [4.78, 5) is 19.1. The number of rotatable bonds is 5. The Bertz CT molecular complexity index is 1190. The monoisotopic (exact) mass is 452 g/mol. The third-order valence-corrected chi connectivity index (χ3v) is 6.47. The highest BCUT2D eigenvalue weighted by Crippen LogP contribution is 2.33. The van der Waals surface area contributed by atoms with Crippen LogP contribution >= 0.6 is 11.3 Å². The number of anilines is 3. The fraction of sp³-hybridized carbons (Fsp3) is 0.348. The number of piperazine rings is 1. The van der Waals surface area contributed by atoms with Crippen molar-refractivity contribution in [3.8, 4) is 11.8 Å². The van der Waals surface area contributed by atoms with Crippen molar-refractivity contribution in [1.29, 1.82) is 0 Å². The number of halogens is 1. The van der Waals surface area contributed by atoms with Crippen molar-refractivity contribution < 1.29 is 9.13 Å². The van der Waals surface area contributed by atoms with Crippen molar-refractivity contribution in [3.63, 3.8) is 0 Å². The Hall–Kier alpha value is -3.04. The lowest BCUT2D eigenvalue weighted by atomic mass is 10.1. The number of fused-ring (bicyclic) bond motifs is 1. The van der Waals surface area contributed by atoms with E-state index in [2.05, 4.69) is 37.1 Å². The number of nitrogens with one attached hydrogen (secondary N) is 1. The maximum absolute atomic E-state index is 14.6. The molecule has 2 aliphatic rings. The molecule has 5 rings (SSSR count). The highest BCUT2D eigenvalue weighted by molar-refractivity contribution is 7.15. The zero-order valence-electron chi connectivity index (χ0n) is 18.4. The molecule has 1 aliphatic carbocycles. The predicted octanol–water partition coefficient (Wildman–Crippen LogP) is 4.63. The zero-order chi connectivity index (χ0) is 22.2. The van der Waals surface area contributed by atoms with E-state index in [1.54, 1.807) is 11.3 Å². The standard InChI is InChI=1S/C23H25FN6OS/c1-14-8-16-10-17(11-19(24)18(16)9-14)31-22-26-20(27-23-25-13-15(2)32-23)12-21(28-22)30-6-4-29(3)5-7-30/h8,10-13H,4-7,9H2,1-3H3,(H,25,26,27,28). The summed E-state index contributed by atoms with van der Waals surface area (Å²) in [5.74, 6) is 1.49. The summed E-state index contributed by atoms with van der Waals surface area (Å²) in [6.07, 6.45) is 4.44. The average molecular weight is 453 g/mol. The van der Waals surface area contributed by atoms with Gasteiger partial charge in [-0.25, -0.2) is 9.37 Å². The van der Waals surface area contributed by atoms with E-state index < -0.39 is 0 Å². The molecule has 0 spiro atoms. The molecule has 0 unspecified atom stereocenters. The van der Waals surface area contributed by atoms with Crippen LogP contribution in [0.4, 0.5) is 21.2 Å². The first-order chi connectivity index (χ1) is 15.4. The number of thiazole rings is 1. The van der Waals surface area contributed by atoms with Crippen LogP contribution in [0.2, 0.25) is 0 Å². The summed E-state index contributed by atoms with van der Waals surface area (Å²) < 4.78 is 20.6. The van der Waals surface area contributed by atoms with E-state index in [1.807, 2.05) is 38.3 Å². The normalized spacial score (nSPS) is 16.1. The highest BCUT2D eigenvalue weighted by Gasteiger charge is 2.20. The lowest BCUT2D eigenvalue weighted by molar-refractivity contribution is 0.311. The minimum absolute atomic E-state index is 0.176. The van der Waals surface area contributed by atoms with Crippen LogP contribution < -0.4 is 15.0 Å². The second-order valence-corrected chi connectivity index (χ2v) is 9.56. The molecule has 1 N–H and O–H groups in total. The molecule has 1 fully saturated rings. The summed E-state index contributed by atoms with van der Waals surface area (Å²) in [5.41, 5.74) is 2.70. The molecule has 166 valence electrons. The van der Waals surface area contributed by atoms with E-state index in [9.17, 15) is 4.39 Å². The molecule has 1 saturated heterocycles. The van der Waals surface area contributed by atoms with E-state index >= 15 is 0 Å². The summed E-state index contributed by atoms with van der Waals surface area (Å²) in [6, 6.07) is 5.34. The van der Waals surface area contributed by atoms with Gasteiger partial charge < -0.3 is 19.9 Å². The SMILES string of the molecule is CC1=Cc2cc(Oc3nc(Nc4ncc(C)s4)cc(N4CCN(C)CC4)n3)cc(F)c2C1. The van der Waals surface area contributed by atoms with Gasteiger partial charge >= 0.3 is 6.01 Å². The van der Waals surface area contributed by atoms with Crippen LogP contribution in [0.25, 0.3) is 6.08 Å². The van der Waals surface area contributed by atoms with Crippen LogP contribution in [-0.4, -0.2) is 53.1 Å². The molecule has 3 heterocycles. The quantitative estimate of drug-likeness (QED) is 0.606. The molecule has 1 aliphatic heterocycles. The smallest absolute Gasteiger partial charge is 0.325 e. The van der Waals surface area contributed by atoms with Crippen LogP contribution in [0.1, 0.15) is 22.9 Å². The fourth-order valence-corrected chi connectivity index (χ4v) is 4.62. The number of benzene rings is 1. The van der Waals surface area contributed by atoms with E-state index in [-0.39, 0.29) is 11.8 Å². The van der Waals surface area contributed by atoms with E-state index in [4.69, 9.17) is 4.74 Å². The lowest BCUT2D eigenvalue weighted by Crippen LogP contribution is -2.44. The first kappa shape index (κ1) is 20.8. The average Bonchev–Trinajstić information content (AvgIpc) is 3.33. The number of aryl methyl sites for hydroxylation is 1. The Morgan fingerprint density at radius 1 is 1.09 bits per heavy atom. The van der Waals surface area contributed by atoms with Crippen LogP contribution in [0, 0.1) is 12.7 Å². The first-order valence-electron chi connectivity index (χ1n) is 10.6. The van der Waals surface area contributed by atoms with Crippen LogP contribution in [0.3, 0.4) is 0 Å². The number of aromatic nitrogens is 3. The molecule has 9 heteroatoms. The van der Waals surface area contributed by atoms with Crippen molar-refractivity contribution in [2.75, 3.05) is 43.4 Å². The van der Waals surface area contributed by atoms with Crippen LogP contribution in [0.15, 0.2) is 30.0 Å². The third kappa shape index (κ3) is 4.44. The summed E-state index contributed by atoms with van der Waals surface area (Å²) in [6.45, 7) is 7.64. The molecule has 3 aromatic rings. The summed E-state index contributed by atoms with van der Waals surface area (Å²) >= 11 is 1.55. The van der Waals surface area contributed by atoms with E-state index in [0.717, 1.165) is 53.1 Å². The fourth-order valence-electron chi connectivity index (χ4n) is 3.95. The van der Waals surface area contributed by atoms with Gasteiger partial charge in [0.2, 0.25) is 0 Å². The Labute approximate surface area is 190 Å². The molecule has 0 amide bonds. The second-order valence-electron chi connectivity index (χ2n) is 8.33. The van der Waals surface area contributed by atoms with Crippen molar-refractivity contribution in [3.05, 3.63) is 51.8 Å². The Morgan fingerprint density at radius 2 is 1.91 bits per heavy atom. The van der Waals surface area contributed by atoms with Gasteiger partial charge in [-0.15, -0.1) is 11.3 Å². The van der Waals surface area contributed by atoms with Crippen molar-refractivity contribution in [2.45, 2.75) is 20.3 Å². The molecular formula is C23H25FN6OS. The predicted molar refractivity (Wildman–Crippen MR) is 126 cm³/mol. The van der Waals surface area contributed by atoms with Gasteiger partial charge in [0.05, 0.1) is 0 Å². The Morgan fingerprint density at radius 3 is 2.66 bits per heavy atom. The number of hydrogen-bond acceptors (Lipinski definition) is 8. The van der Waals surface area contributed by atoms with Gasteiger partial charge in [-0.05, 0) is 44.5 Å². The van der Waals surface area contributed by atoms with Crippen LogP contribution in [0.5, 0.6) is 11.8 Å². The van der Waals surface area contributed by atoms with Crippen molar-refractivity contribution in [1.82, 2.24) is 19.9 Å². The number of ether oxygens (including phenoxy) is 1. The van der Waals surface area contributed by atoms with Crippen molar-refractivity contribution in [2.24, 2.45) is 0 Å². The van der Waals surface area contributed by atoms with Gasteiger partial charge in [-0.2, -0.15) is 9.97 Å². The topological polar surface area (TPSA) is 66.4 Å². The molecule has 0 bridgehead atoms. The first-order valence-corrected chi connectivity index (χ1v) is 11.4. The molecule has 0 atom stereocenters. The largest absolute Gasteiger partial charge is 0.424 e. The minimum atomic E-state index is -0.266. The van der Waals surface area contributed by atoms with Gasteiger partial charge in [-0.1, -0.05) is 11.6 Å². The Balaban J connectivity index is 1.46. The number of likely N-dealkylation sites (N-methyl/N-ethyl adjacent to an activating group) is 1. The van der Waals surface area contributed by atoms with Crippen molar-refractivity contribution >= 4 is 34.2 Å². The Kier molecular flexibility index (Phi) is 5.52. The molecule has 2 aromatic heterocycles. The zero-order valence-corrected chi connectivity index (χ0v) is 19.2. The maximum Gasteiger partial charge on any atom is 0.325 e. The lowest BCUT2D eigenvalue weighted by Gasteiger charge is -2.33. The molecule has 7 nitrogen and oxygen atoms in total. The van der Waals surface area contributed by atoms with Gasteiger partial charge in [0, 0.05) is 49.4 Å². The second kappa shape index (κ2) is 8.48. The molecule has 32 heavy (non-hydrogen) atoms. The summed E-state index contributed by atoms with van der Waals surface area (Å²) in [7, 11) is 2.11. The number of allylic oxidation sites excluding steroid dienone is 1. The van der Waals surface area contributed by atoms with Gasteiger partial charge in [0.1, 0.15) is 23.2 Å². The molecule has 0 saturated carbocycles. The molecular weight excluding hydrogens is 427 g/mol. The number of hydrogen-bond donors (Lipinski definition) is 1. The van der Waals surface area contributed by atoms with E-state index in [0.29, 0.717) is 23.6 Å². The molecule has 1 aromatic carbocycles. The highest BCUT2D eigenvalue weighted by atomic mass is 32.1. The number of nitrogens with zero attached hydrogens (tertiary/aromatic N) is 5. The van der Waals surface area contributed by atoms with E-state index in [1.165, 1.54) is 6.07 Å². The van der Waals surface area contributed by atoms with Crippen LogP contribution in [-0.2, 0) is 6.42 Å². The third-order valence-electron chi connectivity index (χ3n) is 5.65.